The van der Waals surface area contributed by atoms with Crippen LogP contribution in [0.25, 0.3) is 11.3 Å². The topological polar surface area (TPSA) is 90.5 Å². The van der Waals surface area contributed by atoms with Crippen LogP contribution in [0.15, 0.2) is 103 Å². The minimum atomic E-state index is -3.46. The molecule has 0 unspecified atom stereocenters. The average Bonchev–Trinajstić information content (AvgIpc) is 3.28. The van der Waals surface area contributed by atoms with Gasteiger partial charge in [-0.15, -0.1) is 0 Å². The zero-order valence-corrected chi connectivity index (χ0v) is 23.3. The summed E-state index contributed by atoms with van der Waals surface area (Å²) in [4.78, 5) is 15.5. The van der Waals surface area contributed by atoms with Crippen molar-refractivity contribution in [1.29, 1.82) is 0 Å². The largest absolute Gasteiger partial charge is 0.354 e. The molecule has 0 aliphatic carbocycles. The molecule has 1 amide bonds. The van der Waals surface area contributed by atoms with Gasteiger partial charge in [0.15, 0.2) is 0 Å². The van der Waals surface area contributed by atoms with Crippen molar-refractivity contribution in [1.82, 2.24) is 4.90 Å². The molecule has 0 fully saturated rings. The maximum absolute atomic E-state index is 13.3. The van der Waals surface area contributed by atoms with Crippen LogP contribution in [-0.2, 0) is 27.9 Å². The molecule has 0 spiro atoms. The van der Waals surface area contributed by atoms with E-state index in [9.17, 15) is 13.2 Å². The highest BCUT2D eigenvalue weighted by molar-refractivity contribution is 7.92. The van der Waals surface area contributed by atoms with Crippen molar-refractivity contribution >= 4 is 44.3 Å². The summed E-state index contributed by atoms with van der Waals surface area (Å²) in [7, 11) is -1.36. The van der Waals surface area contributed by atoms with E-state index in [1.54, 1.807) is 25.1 Å². The molecular formula is C32H32N4O3S. The molecule has 0 bridgehead atoms. The third kappa shape index (κ3) is 6.42. The van der Waals surface area contributed by atoms with Crippen LogP contribution in [0.2, 0.25) is 0 Å². The Bertz CT molecular complexity index is 1640. The molecule has 5 rings (SSSR count). The van der Waals surface area contributed by atoms with Gasteiger partial charge in [0.05, 0.1) is 17.0 Å². The van der Waals surface area contributed by atoms with Crippen molar-refractivity contribution in [3.05, 3.63) is 125 Å². The zero-order valence-electron chi connectivity index (χ0n) is 22.5. The van der Waals surface area contributed by atoms with E-state index < -0.39 is 10.0 Å². The van der Waals surface area contributed by atoms with E-state index in [-0.39, 0.29) is 11.7 Å². The van der Waals surface area contributed by atoms with Gasteiger partial charge in [-0.2, -0.15) is 0 Å². The summed E-state index contributed by atoms with van der Waals surface area (Å²) >= 11 is 0. The number of sulfonamides is 1. The number of fused-ring (bicyclic) bond motifs is 1. The molecule has 204 valence electrons. The van der Waals surface area contributed by atoms with Crippen LogP contribution in [0, 0.1) is 0 Å². The number of nitrogens with zero attached hydrogens (tertiary/aromatic N) is 1. The summed E-state index contributed by atoms with van der Waals surface area (Å²) in [6, 6.07) is 33.3. The number of benzene rings is 4. The fraction of sp³-hybridized carbons (Fsp3) is 0.156. The average molecular weight is 553 g/mol. The lowest BCUT2D eigenvalue weighted by atomic mass is 9.99. The number of amides is 1. The third-order valence-corrected chi connectivity index (χ3v) is 8.01. The smallest absolute Gasteiger partial charge is 0.258 e. The maximum Gasteiger partial charge on any atom is 0.258 e. The summed E-state index contributed by atoms with van der Waals surface area (Å²) in [5, 5.41) is 6.39. The maximum atomic E-state index is 13.3. The van der Waals surface area contributed by atoms with Crippen LogP contribution in [0.3, 0.4) is 0 Å². The summed E-state index contributed by atoms with van der Waals surface area (Å²) in [5.41, 5.74) is 6.88. The molecule has 0 atom stereocenters. The lowest BCUT2D eigenvalue weighted by molar-refractivity contribution is -0.110. The molecule has 0 saturated heterocycles. The van der Waals surface area contributed by atoms with Gasteiger partial charge in [0.25, 0.3) is 5.91 Å². The fourth-order valence-corrected chi connectivity index (χ4v) is 5.35. The van der Waals surface area contributed by atoms with Crippen molar-refractivity contribution < 1.29 is 13.2 Å². The van der Waals surface area contributed by atoms with Crippen molar-refractivity contribution in [2.75, 3.05) is 28.2 Å². The predicted octanol–water partition coefficient (Wildman–Crippen LogP) is 6.01. The highest BCUT2D eigenvalue weighted by Crippen LogP contribution is 2.39. The van der Waals surface area contributed by atoms with E-state index in [0.29, 0.717) is 28.2 Å². The number of carbonyl (C=O) groups excluding carboxylic acids is 1. The summed E-state index contributed by atoms with van der Waals surface area (Å²) in [5.74, 6) is -0.297. The van der Waals surface area contributed by atoms with E-state index in [1.807, 2.05) is 48.5 Å². The van der Waals surface area contributed by atoms with Gasteiger partial charge in [0.2, 0.25) is 10.0 Å². The van der Waals surface area contributed by atoms with Crippen LogP contribution in [0.4, 0.5) is 17.1 Å². The lowest BCUT2D eigenvalue weighted by Crippen LogP contribution is -2.17. The molecule has 3 N–H and O–H groups in total. The second-order valence-electron chi connectivity index (χ2n) is 9.82. The number of carbonyl (C=O) groups is 1. The first-order valence-corrected chi connectivity index (χ1v) is 14.8. The van der Waals surface area contributed by atoms with E-state index in [2.05, 4.69) is 63.7 Å². The molecule has 0 aromatic heterocycles. The minimum absolute atomic E-state index is 0.0428. The van der Waals surface area contributed by atoms with Crippen LogP contribution < -0.4 is 15.4 Å². The Kier molecular flexibility index (Phi) is 8.00. The molecular weight excluding hydrogens is 520 g/mol. The van der Waals surface area contributed by atoms with Crippen molar-refractivity contribution in [3.8, 4) is 0 Å². The predicted molar refractivity (Wildman–Crippen MR) is 163 cm³/mol. The normalized spacial score (nSPS) is 14.0. The molecule has 1 heterocycles. The van der Waals surface area contributed by atoms with Gasteiger partial charge in [0, 0.05) is 35.7 Å². The molecule has 1 aliphatic rings. The summed E-state index contributed by atoms with van der Waals surface area (Å²) in [6.07, 6.45) is 0. The Hall–Kier alpha value is -4.40. The van der Waals surface area contributed by atoms with Gasteiger partial charge >= 0.3 is 0 Å². The van der Waals surface area contributed by atoms with Crippen LogP contribution in [0.1, 0.15) is 29.2 Å². The summed E-state index contributed by atoms with van der Waals surface area (Å²) in [6.45, 7) is 3.24. The second kappa shape index (κ2) is 11.8. The minimum Gasteiger partial charge on any atom is -0.354 e. The van der Waals surface area contributed by atoms with Crippen LogP contribution >= 0.6 is 0 Å². The second-order valence-corrected chi connectivity index (χ2v) is 11.8. The third-order valence-electron chi connectivity index (χ3n) is 6.70. The van der Waals surface area contributed by atoms with E-state index >= 15 is 0 Å². The van der Waals surface area contributed by atoms with Gasteiger partial charge in [0.1, 0.15) is 0 Å². The first-order chi connectivity index (χ1) is 19.3. The Balaban J connectivity index is 1.44. The van der Waals surface area contributed by atoms with Crippen LogP contribution in [-0.4, -0.2) is 32.0 Å². The fourth-order valence-electron chi connectivity index (χ4n) is 4.71. The number of rotatable bonds is 10. The Morgan fingerprint density at radius 1 is 0.800 bits per heavy atom. The lowest BCUT2D eigenvalue weighted by Gasteiger charge is -2.18. The van der Waals surface area contributed by atoms with Crippen molar-refractivity contribution in [3.63, 3.8) is 0 Å². The molecule has 4 aromatic rings. The van der Waals surface area contributed by atoms with Crippen molar-refractivity contribution in [2.24, 2.45) is 0 Å². The first-order valence-electron chi connectivity index (χ1n) is 13.2. The summed E-state index contributed by atoms with van der Waals surface area (Å²) < 4.78 is 26.9. The van der Waals surface area contributed by atoms with Crippen LogP contribution in [0.5, 0.6) is 0 Å². The molecule has 0 saturated carbocycles. The van der Waals surface area contributed by atoms with Gasteiger partial charge in [-0.3, -0.25) is 14.4 Å². The van der Waals surface area contributed by atoms with E-state index in [1.165, 1.54) is 11.1 Å². The highest BCUT2D eigenvalue weighted by Gasteiger charge is 2.29. The molecule has 4 aromatic carbocycles. The van der Waals surface area contributed by atoms with E-state index in [0.717, 1.165) is 24.3 Å². The molecule has 7 nitrogen and oxygen atoms in total. The number of nitrogens with one attached hydrogen (secondary N) is 3. The van der Waals surface area contributed by atoms with Gasteiger partial charge < -0.3 is 10.6 Å². The number of hydrogen-bond donors (Lipinski definition) is 3. The van der Waals surface area contributed by atoms with Crippen molar-refractivity contribution in [2.45, 2.75) is 20.0 Å². The number of hydrogen-bond acceptors (Lipinski definition) is 5. The van der Waals surface area contributed by atoms with Gasteiger partial charge in [-0.25, -0.2) is 8.42 Å². The Labute approximate surface area is 235 Å². The number of anilines is 3. The van der Waals surface area contributed by atoms with E-state index in [4.69, 9.17) is 0 Å². The zero-order chi connectivity index (χ0) is 28.1. The quantitative estimate of drug-likeness (QED) is 0.210. The first kappa shape index (κ1) is 27.2. The standard InChI is InChI=1S/C32H32N4O3S/c1-3-40(38,39)35-27-18-19-29-28(20-27)30(32(37)34-29)31(25-12-8-5-9-13-25)33-26-16-14-24(15-17-26)22-36(2)21-23-10-6-4-7-11-23/h4-20,33,35H,3,21-22H2,1-2H3,(H,34,37)/b31-30+. The molecule has 8 heteroatoms. The Morgan fingerprint density at radius 3 is 2.05 bits per heavy atom. The Morgan fingerprint density at radius 2 is 1.40 bits per heavy atom. The SMILES string of the molecule is CCS(=O)(=O)Nc1ccc2c(c1)/C(=C(\Nc1ccc(CN(C)Cc3ccccc3)cc1)c1ccccc1)C(=O)N2. The molecule has 0 radical (unpaired) electrons. The van der Waals surface area contributed by atoms with Gasteiger partial charge in [-0.05, 0) is 61.0 Å². The molecule has 40 heavy (non-hydrogen) atoms. The monoisotopic (exact) mass is 552 g/mol. The highest BCUT2D eigenvalue weighted by atomic mass is 32.2. The van der Waals surface area contributed by atoms with Gasteiger partial charge in [-0.1, -0.05) is 72.8 Å². The molecule has 1 aliphatic heterocycles.